The molecule has 3 rings (SSSR count). The first kappa shape index (κ1) is 15.6. The molecule has 6 nitrogen and oxygen atoms in total. The van der Waals surface area contributed by atoms with Gasteiger partial charge in [0.15, 0.2) is 0 Å². The number of nitrogens with one attached hydrogen (secondary N) is 1. The molecule has 6 heteroatoms. The lowest BCUT2D eigenvalue weighted by Crippen LogP contribution is -2.41. The smallest absolute Gasteiger partial charge is 0.268 e. The van der Waals surface area contributed by atoms with Crippen LogP contribution in [-0.2, 0) is 7.05 Å². The van der Waals surface area contributed by atoms with Gasteiger partial charge in [0.1, 0.15) is 11.4 Å². The van der Waals surface area contributed by atoms with E-state index in [0.717, 1.165) is 5.56 Å². The first-order chi connectivity index (χ1) is 11.1. The molecule has 1 aliphatic carbocycles. The molecule has 0 aromatic carbocycles. The van der Waals surface area contributed by atoms with E-state index in [4.69, 9.17) is 4.74 Å². The van der Waals surface area contributed by atoms with Crippen LogP contribution in [0.2, 0.25) is 0 Å². The quantitative estimate of drug-likeness (QED) is 0.880. The molecule has 1 saturated carbocycles. The van der Waals surface area contributed by atoms with E-state index in [-0.39, 0.29) is 24.0 Å². The Bertz CT molecular complexity index is 692. The monoisotopic (exact) mass is 315 g/mol. The lowest BCUT2D eigenvalue weighted by molar-refractivity contribution is 0.0233. The second-order valence-corrected chi connectivity index (χ2v) is 6.00. The molecule has 0 spiro atoms. The van der Waals surface area contributed by atoms with Gasteiger partial charge < -0.3 is 19.7 Å². The molecule has 2 heterocycles. The molecule has 0 saturated heterocycles. The Labute approximate surface area is 135 Å². The number of aryl methyl sites for hydroxylation is 1. The second kappa shape index (κ2) is 6.42. The fraction of sp³-hybridized carbons (Fsp3) is 0.412. The number of nitrogens with zero attached hydrogens (tertiary/aromatic N) is 2. The summed E-state index contributed by atoms with van der Waals surface area (Å²) in [6, 6.07) is 5.31. The van der Waals surface area contributed by atoms with E-state index in [9.17, 15) is 9.90 Å². The van der Waals surface area contributed by atoms with E-state index in [1.54, 1.807) is 30.1 Å². The van der Waals surface area contributed by atoms with Gasteiger partial charge >= 0.3 is 0 Å². The molecule has 0 bridgehead atoms. The molecular weight excluding hydrogens is 294 g/mol. The third-order valence-electron chi connectivity index (χ3n) is 4.41. The molecule has 1 atom stereocenters. The van der Waals surface area contributed by atoms with Crippen molar-refractivity contribution in [2.75, 3.05) is 7.11 Å². The van der Waals surface area contributed by atoms with Crippen LogP contribution in [0.3, 0.4) is 0 Å². The molecule has 0 unspecified atom stereocenters. The molecule has 23 heavy (non-hydrogen) atoms. The van der Waals surface area contributed by atoms with Gasteiger partial charge in [-0.05, 0) is 42.5 Å². The number of ether oxygens (including phenoxy) is 1. The fourth-order valence-electron chi connectivity index (χ4n) is 3.00. The third kappa shape index (κ3) is 3.22. The van der Waals surface area contributed by atoms with Crippen LogP contribution in [0.15, 0.2) is 36.8 Å². The summed E-state index contributed by atoms with van der Waals surface area (Å²) in [5.41, 5.74) is 1.49. The molecule has 0 aliphatic heterocycles. The molecule has 122 valence electrons. The Hall–Kier alpha value is -2.34. The van der Waals surface area contributed by atoms with Crippen LogP contribution in [-0.4, -0.2) is 33.8 Å². The van der Waals surface area contributed by atoms with Gasteiger partial charge in [0.2, 0.25) is 0 Å². The molecule has 1 aliphatic rings. The number of carbonyl (C=O) groups excluding carboxylic acids is 1. The van der Waals surface area contributed by atoms with E-state index in [1.165, 1.54) is 0 Å². The summed E-state index contributed by atoms with van der Waals surface area (Å²) in [5.74, 6) is 0.718. The summed E-state index contributed by atoms with van der Waals surface area (Å²) in [6.07, 6.45) is 6.28. The highest BCUT2D eigenvalue weighted by Crippen LogP contribution is 2.38. The zero-order valence-electron chi connectivity index (χ0n) is 13.3. The zero-order chi connectivity index (χ0) is 16.4. The minimum atomic E-state index is -0.284. The van der Waals surface area contributed by atoms with Crippen LogP contribution in [0.1, 0.15) is 34.9 Å². The highest BCUT2D eigenvalue weighted by Gasteiger charge is 2.36. The maximum absolute atomic E-state index is 12.5. The summed E-state index contributed by atoms with van der Waals surface area (Å²) in [4.78, 5) is 16.7. The van der Waals surface area contributed by atoms with Crippen LogP contribution < -0.4 is 10.1 Å². The minimum Gasteiger partial charge on any atom is -0.495 e. The largest absolute Gasteiger partial charge is 0.495 e. The van der Waals surface area contributed by atoms with Gasteiger partial charge in [-0.2, -0.15) is 0 Å². The van der Waals surface area contributed by atoms with Crippen molar-refractivity contribution in [1.82, 2.24) is 14.9 Å². The third-order valence-corrected chi connectivity index (χ3v) is 4.41. The van der Waals surface area contributed by atoms with Crippen LogP contribution in [0.25, 0.3) is 0 Å². The van der Waals surface area contributed by atoms with E-state index < -0.39 is 0 Å². The van der Waals surface area contributed by atoms with Gasteiger partial charge in [-0.1, -0.05) is 0 Å². The number of pyridine rings is 1. The van der Waals surface area contributed by atoms with Gasteiger partial charge in [-0.25, -0.2) is 0 Å². The lowest BCUT2D eigenvalue weighted by Gasteiger charge is -2.38. The van der Waals surface area contributed by atoms with Gasteiger partial charge in [0.25, 0.3) is 5.91 Å². The van der Waals surface area contributed by atoms with Crippen molar-refractivity contribution in [3.8, 4) is 5.75 Å². The highest BCUT2D eigenvalue weighted by atomic mass is 16.5. The molecule has 2 N–H and O–H groups in total. The molecule has 2 aromatic rings. The Morgan fingerprint density at radius 2 is 2.26 bits per heavy atom. The Morgan fingerprint density at radius 3 is 2.87 bits per heavy atom. The minimum absolute atomic E-state index is 0.133. The SMILES string of the molecule is COc1cncc([C@@H](NC(=O)c2cccn2C)C2CC(O)C2)c1. The molecule has 1 amide bonds. The average Bonchev–Trinajstić information content (AvgIpc) is 2.96. The summed E-state index contributed by atoms with van der Waals surface area (Å²) in [5, 5.41) is 12.7. The highest BCUT2D eigenvalue weighted by molar-refractivity contribution is 5.93. The van der Waals surface area contributed by atoms with Crippen molar-refractivity contribution >= 4 is 5.91 Å². The van der Waals surface area contributed by atoms with E-state index >= 15 is 0 Å². The van der Waals surface area contributed by atoms with Gasteiger partial charge in [0.05, 0.1) is 25.5 Å². The number of rotatable bonds is 5. The van der Waals surface area contributed by atoms with Crippen LogP contribution in [0, 0.1) is 5.92 Å². The lowest BCUT2D eigenvalue weighted by atomic mass is 9.75. The van der Waals surface area contributed by atoms with Crippen LogP contribution >= 0.6 is 0 Å². The topological polar surface area (TPSA) is 76.4 Å². The normalized spacial score (nSPS) is 21.3. The van der Waals surface area contributed by atoms with Crippen LogP contribution in [0.4, 0.5) is 0 Å². The van der Waals surface area contributed by atoms with Gasteiger partial charge in [-0.15, -0.1) is 0 Å². The van der Waals surface area contributed by atoms with Gasteiger partial charge in [0, 0.05) is 19.4 Å². The van der Waals surface area contributed by atoms with Crippen LogP contribution in [0.5, 0.6) is 5.75 Å². The maximum atomic E-state index is 12.5. The van der Waals surface area contributed by atoms with Crippen molar-refractivity contribution in [1.29, 1.82) is 0 Å². The van der Waals surface area contributed by atoms with Gasteiger partial charge in [-0.3, -0.25) is 9.78 Å². The summed E-state index contributed by atoms with van der Waals surface area (Å²) in [6.45, 7) is 0. The fourth-order valence-corrected chi connectivity index (χ4v) is 3.00. The van der Waals surface area contributed by atoms with Crippen molar-refractivity contribution < 1.29 is 14.6 Å². The number of aliphatic hydroxyl groups is 1. The predicted octanol–water partition coefficient (Wildman–Crippen LogP) is 1.67. The average molecular weight is 315 g/mol. The molecule has 2 aromatic heterocycles. The number of aromatic nitrogens is 2. The Balaban J connectivity index is 1.84. The number of aliphatic hydroxyl groups excluding tert-OH is 1. The number of hydrogen-bond acceptors (Lipinski definition) is 4. The second-order valence-electron chi connectivity index (χ2n) is 6.00. The summed E-state index contributed by atoms with van der Waals surface area (Å²) >= 11 is 0. The van der Waals surface area contributed by atoms with Crippen molar-refractivity contribution in [3.63, 3.8) is 0 Å². The molecular formula is C17H21N3O3. The Morgan fingerprint density at radius 1 is 1.48 bits per heavy atom. The number of carbonyl (C=O) groups is 1. The predicted molar refractivity (Wildman–Crippen MR) is 85.1 cm³/mol. The number of methoxy groups -OCH3 is 1. The first-order valence-corrected chi connectivity index (χ1v) is 7.67. The van der Waals surface area contributed by atoms with E-state index in [2.05, 4.69) is 10.3 Å². The summed E-state index contributed by atoms with van der Waals surface area (Å²) < 4.78 is 7.01. The maximum Gasteiger partial charge on any atom is 0.268 e. The summed E-state index contributed by atoms with van der Waals surface area (Å²) in [7, 11) is 3.43. The Kier molecular flexibility index (Phi) is 4.34. The zero-order valence-corrected chi connectivity index (χ0v) is 13.3. The number of hydrogen-bond donors (Lipinski definition) is 2. The van der Waals surface area contributed by atoms with E-state index in [0.29, 0.717) is 24.3 Å². The number of amides is 1. The van der Waals surface area contributed by atoms with Crippen molar-refractivity contribution in [2.24, 2.45) is 13.0 Å². The molecule has 1 fully saturated rings. The molecule has 0 radical (unpaired) electrons. The standard InChI is InChI=1S/C17H21N3O3/c1-20-5-3-4-15(20)17(22)19-16(11-6-13(21)7-11)12-8-14(23-2)10-18-9-12/h3-5,8-11,13,16,21H,6-7H2,1-2H3,(H,19,22)/t11?,13?,16-/m0/s1. The first-order valence-electron chi connectivity index (χ1n) is 7.67. The van der Waals surface area contributed by atoms with Crippen molar-refractivity contribution in [2.45, 2.75) is 25.0 Å². The van der Waals surface area contributed by atoms with Crippen molar-refractivity contribution in [3.05, 3.63) is 48.0 Å². The van der Waals surface area contributed by atoms with E-state index in [1.807, 2.05) is 25.4 Å².